The van der Waals surface area contributed by atoms with Crippen molar-refractivity contribution in [2.75, 3.05) is 6.54 Å². The van der Waals surface area contributed by atoms with Crippen molar-refractivity contribution in [2.24, 2.45) is 11.0 Å². The van der Waals surface area contributed by atoms with Gasteiger partial charge in [0.05, 0.1) is 6.07 Å². The van der Waals surface area contributed by atoms with E-state index in [4.69, 9.17) is 10.8 Å². The molecule has 0 heterocycles. The molecule has 0 aromatic carbocycles. The standard InChI is InChI=1S/C8H13N5O/c1-6(2)8(3,5-9)12-7(14)4-11-13-10/h6H,4H2,1-3H3,(H,12,14). The second kappa shape index (κ2) is 5.10. The van der Waals surface area contributed by atoms with E-state index in [-0.39, 0.29) is 12.5 Å². The van der Waals surface area contributed by atoms with Crippen molar-refractivity contribution in [3.05, 3.63) is 10.4 Å². The van der Waals surface area contributed by atoms with Gasteiger partial charge in [-0.15, -0.1) is 0 Å². The van der Waals surface area contributed by atoms with Gasteiger partial charge in [-0.05, 0) is 18.4 Å². The Labute approximate surface area is 82.5 Å². The molecule has 0 radical (unpaired) electrons. The molecule has 0 aromatic rings. The maximum Gasteiger partial charge on any atom is 0.227 e. The summed E-state index contributed by atoms with van der Waals surface area (Å²) in [5.41, 5.74) is 7.08. The molecular formula is C8H13N5O. The molecule has 0 saturated heterocycles. The van der Waals surface area contributed by atoms with Gasteiger partial charge in [0.25, 0.3) is 0 Å². The topological polar surface area (TPSA) is 102 Å². The van der Waals surface area contributed by atoms with E-state index in [0.717, 1.165) is 0 Å². The van der Waals surface area contributed by atoms with Crippen LogP contribution in [0.3, 0.4) is 0 Å². The zero-order valence-corrected chi connectivity index (χ0v) is 8.48. The lowest BCUT2D eigenvalue weighted by Crippen LogP contribution is -2.49. The Morgan fingerprint density at radius 3 is 2.71 bits per heavy atom. The number of carbonyl (C=O) groups excluding carboxylic acids is 1. The van der Waals surface area contributed by atoms with E-state index in [0.29, 0.717) is 0 Å². The SMILES string of the molecule is CC(C)C(C)(C#N)NC(=O)CN=[N+]=[N-]. The van der Waals surface area contributed by atoms with Crippen LogP contribution in [0.15, 0.2) is 5.11 Å². The molecule has 1 N–H and O–H groups in total. The number of nitrogens with zero attached hydrogens (tertiary/aromatic N) is 4. The van der Waals surface area contributed by atoms with Crippen LogP contribution in [0.5, 0.6) is 0 Å². The minimum Gasteiger partial charge on any atom is -0.338 e. The molecule has 14 heavy (non-hydrogen) atoms. The van der Waals surface area contributed by atoms with Crippen LogP contribution < -0.4 is 5.32 Å². The quantitative estimate of drug-likeness (QED) is 0.415. The number of amides is 1. The summed E-state index contributed by atoms with van der Waals surface area (Å²) in [6.45, 7) is 5.01. The summed E-state index contributed by atoms with van der Waals surface area (Å²) in [4.78, 5) is 13.6. The number of rotatable bonds is 4. The zero-order chi connectivity index (χ0) is 11.2. The third kappa shape index (κ3) is 3.33. The fraction of sp³-hybridized carbons (Fsp3) is 0.750. The van der Waals surface area contributed by atoms with E-state index in [1.165, 1.54) is 0 Å². The van der Waals surface area contributed by atoms with Crippen molar-refractivity contribution in [2.45, 2.75) is 26.3 Å². The first-order valence-electron chi connectivity index (χ1n) is 4.19. The molecule has 6 nitrogen and oxygen atoms in total. The Morgan fingerprint density at radius 2 is 2.36 bits per heavy atom. The van der Waals surface area contributed by atoms with Gasteiger partial charge in [0.1, 0.15) is 12.1 Å². The predicted octanol–water partition coefficient (Wildman–Crippen LogP) is 1.35. The molecule has 0 aliphatic heterocycles. The average Bonchev–Trinajstić information content (AvgIpc) is 2.14. The number of nitrogens with one attached hydrogen (secondary N) is 1. The molecule has 0 fully saturated rings. The van der Waals surface area contributed by atoms with E-state index in [2.05, 4.69) is 15.3 Å². The van der Waals surface area contributed by atoms with E-state index >= 15 is 0 Å². The van der Waals surface area contributed by atoms with Crippen LogP contribution in [-0.4, -0.2) is 18.0 Å². The molecule has 76 valence electrons. The molecule has 1 unspecified atom stereocenters. The lowest BCUT2D eigenvalue weighted by molar-refractivity contribution is -0.121. The number of carbonyl (C=O) groups is 1. The number of nitriles is 1. The van der Waals surface area contributed by atoms with Crippen LogP contribution in [0, 0.1) is 17.2 Å². The first-order chi connectivity index (χ1) is 6.46. The average molecular weight is 195 g/mol. The molecule has 1 amide bonds. The summed E-state index contributed by atoms with van der Waals surface area (Å²) in [7, 11) is 0. The third-order valence-corrected chi connectivity index (χ3v) is 2.06. The van der Waals surface area contributed by atoms with E-state index in [1.54, 1.807) is 6.92 Å². The summed E-state index contributed by atoms with van der Waals surface area (Å²) in [6.07, 6.45) is 0. The highest BCUT2D eigenvalue weighted by atomic mass is 16.2. The summed E-state index contributed by atoms with van der Waals surface area (Å²) in [5, 5.41) is 14.5. The molecule has 0 saturated carbocycles. The Hall–Kier alpha value is -1.73. The van der Waals surface area contributed by atoms with Gasteiger partial charge in [-0.25, -0.2) is 0 Å². The largest absolute Gasteiger partial charge is 0.338 e. The summed E-state index contributed by atoms with van der Waals surface area (Å²) < 4.78 is 0. The molecule has 6 heteroatoms. The van der Waals surface area contributed by atoms with Gasteiger partial charge < -0.3 is 5.32 Å². The van der Waals surface area contributed by atoms with Crippen LogP contribution in [0.2, 0.25) is 0 Å². The maximum absolute atomic E-state index is 11.2. The minimum atomic E-state index is -0.915. The first-order valence-corrected chi connectivity index (χ1v) is 4.19. The molecule has 0 aliphatic carbocycles. The van der Waals surface area contributed by atoms with E-state index in [9.17, 15) is 4.79 Å². The van der Waals surface area contributed by atoms with Crippen LogP contribution in [0.25, 0.3) is 10.4 Å². The number of azide groups is 1. The Kier molecular flexibility index (Phi) is 4.47. The van der Waals surface area contributed by atoms with Crippen LogP contribution in [-0.2, 0) is 4.79 Å². The number of hydrogen-bond acceptors (Lipinski definition) is 3. The van der Waals surface area contributed by atoms with Gasteiger partial charge in [0.15, 0.2) is 0 Å². The predicted molar refractivity (Wildman–Crippen MR) is 51.0 cm³/mol. The Bertz CT molecular complexity index is 299. The van der Waals surface area contributed by atoms with Gasteiger partial charge in [-0.1, -0.05) is 19.0 Å². The fourth-order valence-corrected chi connectivity index (χ4v) is 0.726. The molecule has 0 spiro atoms. The molecule has 0 aromatic heterocycles. The summed E-state index contributed by atoms with van der Waals surface area (Å²) in [6, 6.07) is 2.02. The minimum absolute atomic E-state index is 0.0116. The first kappa shape index (κ1) is 12.3. The molecule has 0 bridgehead atoms. The van der Waals surface area contributed by atoms with Crippen molar-refractivity contribution in [1.82, 2.24) is 5.32 Å². The van der Waals surface area contributed by atoms with Gasteiger partial charge in [-0.2, -0.15) is 5.26 Å². The number of hydrogen-bond donors (Lipinski definition) is 1. The van der Waals surface area contributed by atoms with Crippen molar-refractivity contribution in [3.8, 4) is 6.07 Å². The van der Waals surface area contributed by atoms with Crippen LogP contribution in [0.1, 0.15) is 20.8 Å². The Balaban J connectivity index is 4.41. The normalized spacial score (nSPS) is 13.6. The van der Waals surface area contributed by atoms with Gasteiger partial charge in [-0.3, -0.25) is 4.79 Å². The van der Waals surface area contributed by atoms with Crippen LogP contribution in [0.4, 0.5) is 0 Å². The van der Waals surface area contributed by atoms with E-state index < -0.39 is 11.4 Å². The highest BCUT2D eigenvalue weighted by Gasteiger charge is 2.29. The van der Waals surface area contributed by atoms with E-state index in [1.807, 2.05) is 19.9 Å². The third-order valence-electron chi connectivity index (χ3n) is 2.06. The monoisotopic (exact) mass is 195 g/mol. The van der Waals surface area contributed by atoms with Crippen molar-refractivity contribution in [3.63, 3.8) is 0 Å². The van der Waals surface area contributed by atoms with Gasteiger partial charge in [0, 0.05) is 4.91 Å². The Morgan fingerprint density at radius 1 is 1.79 bits per heavy atom. The highest BCUT2D eigenvalue weighted by molar-refractivity contribution is 5.79. The van der Waals surface area contributed by atoms with Crippen molar-refractivity contribution >= 4 is 5.91 Å². The second-order valence-electron chi connectivity index (χ2n) is 3.41. The molecule has 0 aliphatic rings. The summed E-state index contributed by atoms with van der Waals surface area (Å²) >= 11 is 0. The van der Waals surface area contributed by atoms with Crippen molar-refractivity contribution < 1.29 is 4.79 Å². The summed E-state index contributed by atoms with van der Waals surface area (Å²) in [5.74, 6) is -0.455. The van der Waals surface area contributed by atoms with Crippen molar-refractivity contribution in [1.29, 1.82) is 5.26 Å². The second-order valence-corrected chi connectivity index (χ2v) is 3.41. The molecule has 0 rings (SSSR count). The van der Waals surface area contributed by atoms with Crippen LogP contribution >= 0.6 is 0 Å². The molecule has 1 atom stereocenters. The smallest absolute Gasteiger partial charge is 0.227 e. The lowest BCUT2D eigenvalue weighted by Gasteiger charge is -2.26. The van der Waals surface area contributed by atoms with Gasteiger partial charge >= 0.3 is 0 Å². The fourth-order valence-electron chi connectivity index (χ4n) is 0.726. The zero-order valence-electron chi connectivity index (χ0n) is 8.48. The maximum atomic E-state index is 11.2. The highest BCUT2D eigenvalue weighted by Crippen LogP contribution is 2.14. The molecular weight excluding hydrogens is 182 g/mol. The lowest BCUT2D eigenvalue weighted by atomic mass is 9.90. The van der Waals surface area contributed by atoms with Gasteiger partial charge in [0.2, 0.25) is 5.91 Å².